The monoisotopic (exact) mass is 340 g/mol. The Labute approximate surface area is 148 Å². The molecule has 1 atom stereocenters. The topological polar surface area (TPSA) is 67.4 Å². The number of ether oxygens (including phenoxy) is 1. The summed E-state index contributed by atoms with van der Waals surface area (Å²) in [4.78, 5) is 24.0. The van der Waals surface area contributed by atoms with E-state index < -0.39 is 6.04 Å². The number of hydrogen-bond donors (Lipinski definition) is 2. The molecule has 0 aliphatic carbocycles. The molecule has 0 aliphatic rings. The van der Waals surface area contributed by atoms with Crippen LogP contribution in [-0.2, 0) is 9.59 Å². The van der Waals surface area contributed by atoms with Gasteiger partial charge in [-0.3, -0.25) is 9.59 Å². The van der Waals surface area contributed by atoms with E-state index in [-0.39, 0.29) is 18.2 Å². The molecule has 25 heavy (non-hydrogen) atoms. The lowest BCUT2D eigenvalue weighted by Crippen LogP contribution is -2.29. The molecule has 0 heterocycles. The molecule has 2 rings (SSSR count). The van der Waals surface area contributed by atoms with E-state index >= 15 is 0 Å². The van der Waals surface area contributed by atoms with Crippen molar-refractivity contribution >= 4 is 17.5 Å². The molecule has 5 nitrogen and oxygen atoms in total. The van der Waals surface area contributed by atoms with Gasteiger partial charge in [-0.2, -0.15) is 0 Å². The summed E-state index contributed by atoms with van der Waals surface area (Å²) in [5.74, 6) is 0.395. The highest BCUT2D eigenvalue weighted by Gasteiger charge is 2.18. The first kappa shape index (κ1) is 18.5. The van der Waals surface area contributed by atoms with Crippen molar-refractivity contribution in [3.8, 4) is 5.75 Å². The van der Waals surface area contributed by atoms with Crippen molar-refractivity contribution in [2.45, 2.75) is 33.2 Å². The molecule has 0 aliphatic heterocycles. The molecule has 5 heteroatoms. The number of carbonyl (C=O) groups excluding carboxylic acids is 2. The van der Waals surface area contributed by atoms with Gasteiger partial charge in [-0.25, -0.2) is 0 Å². The zero-order valence-electron chi connectivity index (χ0n) is 15.1. The average Bonchev–Trinajstić information content (AvgIpc) is 2.56. The van der Waals surface area contributed by atoms with Crippen LogP contribution in [0.2, 0.25) is 0 Å². The van der Waals surface area contributed by atoms with Gasteiger partial charge in [0.1, 0.15) is 5.75 Å². The van der Waals surface area contributed by atoms with Gasteiger partial charge in [-0.05, 0) is 43.2 Å². The number of amides is 2. The second-order valence-electron chi connectivity index (χ2n) is 6.10. The lowest BCUT2D eigenvalue weighted by atomic mass is 10.0. The molecule has 132 valence electrons. The molecular formula is C20H24N2O3. The Hall–Kier alpha value is -2.82. The van der Waals surface area contributed by atoms with Crippen LogP contribution in [0, 0.1) is 13.8 Å². The number of carbonyl (C=O) groups is 2. The third-order valence-electron chi connectivity index (χ3n) is 3.94. The van der Waals surface area contributed by atoms with Crippen LogP contribution in [0.25, 0.3) is 0 Å². The Kier molecular flexibility index (Phi) is 6.17. The Morgan fingerprint density at radius 1 is 1.08 bits per heavy atom. The highest BCUT2D eigenvalue weighted by molar-refractivity contribution is 5.92. The van der Waals surface area contributed by atoms with E-state index in [1.165, 1.54) is 6.92 Å². The minimum Gasteiger partial charge on any atom is -0.497 e. The molecule has 2 aromatic carbocycles. The first-order valence-electron chi connectivity index (χ1n) is 8.17. The third kappa shape index (κ3) is 5.35. The normalized spacial score (nSPS) is 11.5. The molecule has 0 unspecified atom stereocenters. The van der Waals surface area contributed by atoms with Crippen LogP contribution in [0.3, 0.4) is 0 Å². The molecule has 0 spiro atoms. The number of hydrogen-bond acceptors (Lipinski definition) is 3. The van der Waals surface area contributed by atoms with Gasteiger partial charge in [0.15, 0.2) is 0 Å². The van der Waals surface area contributed by atoms with Gasteiger partial charge in [0, 0.05) is 12.6 Å². The van der Waals surface area contributed by atoms with Crippen LogP contribution in [0.5, 0.6) is 5.75 Å². The quantitative estimate of drug-likeness (QED) is 0.845. The van der Waals surface area contributed by atoms with Crippen molar-refractivity contribution in [2.75, 3.05) is 12.4 Å². The molecule has 2 amide bonds. The fourth-order valence-electron chi connectivity index (χ4n) is 2.67. The van der Waals surface area contributed by atoms with Gasteiger partial charge >= 0.3 is 0 Å². The molecule has 0 bridgehead atoms. The lowest BCUT2D eigenvalue weighted by Gasteiger charge is -2.19. The second kappa shape index (κ2) is 8.33. The third-order valence-corrected chi connectivity index (χ3v) is 3.94. The van der Waals surface area contributed by atoms with Crippen LogP contribution < -0.4 is 15.4 Å². The van der Waals surface area contributed by atoms with E-state index in [2.05, 4.69) is 10.6 Å². The van der Waals surface area contributed by atoms with Gasteiger partial charge in [0.25, 0.3) is 0 Å². The highest BCUT2D eigenvalue weighted by Crippen LogP contribution is 2.22. The maximum absolute atomic E-state index is 12.5. The fraction of sp³-hybridized carbons (Fsp3) is 0.300. The summed E-state index contributed by atoms with van der Waals surface area (Å²) >= 11 is 0. The van der Waals surface area contributed by atoms with Crippen molar-refractivity contribution in [2.24, 2.45) is 0 Å². The minimum atomic E-state index is -0.394. The number of rotatable bonds is 6. The van der Waals surface area contributed by atoms with Crippen molar-refractivity contribution < 1.29 is 14.3 Å². The van der Waals surface area contributed by atoms with Gasteiger partial charge in [-0.1, -0.05) is 29.8 Å². The summed E-state index contributed by atoms with van der Waals surface area (Å²) < 4.78 is 5.15. The van der Waals surface area contributed by atoms with E-state index in [9.17, 15) is 9.59 Å². The second-order valence-corrected chi connectivity index (χ2v) is 6.10. The zero-order valence-corrected chi connectivity index (χ0v) is 15.1. The predicted octanol–water partition coefficient (Wildman–Crippen LogP) is 3.52. The van der Waals surface area contributed by atoms with Crippen LogP contribution >= 0.6 is 0 Å². The highest BCUT2D eigenvalue weighted by atomic mass is 16.5. The summed E-state index contributed by atoms with van der Waals surface area (Å²) in [5, 5.41) is 5.75. The number of aryl methyl sites for hydroxylation is 2. The number of nitrogens with one attached hydrogen (secondary N) is 2. The number of methoxy groups -OCH3 is 1. The van der Waals surface area contributed by atoms with Gasteiger partial charge < -0.3 is 15.4 Å². The first-order valence-corrected chi connectivity index (χ1v) is 8.17. The standard InChI is InChI=1S/C20H24N2O3/c1-13-5-10-18(14(2)11-13)22-20(24)12-19(21-15(3)23)16-6-8-17(25-4)9-7-16/h5-11,19H,12H2,1-4H3,(H,21,23)(H,22,24)/t19-/m0/s1. The van der Waals surface area contributed by atoms with E-state index in [0.29, 0.717) is 0 Å². The smallest absolute Gasteiger partial charge is 0.226 e. The van der Waals surface area contributed by atoms with Crippen molar-refractivity contribution in [1.29, 1.82) is 0 Å². The Morgan fingerprint density at radius 2 is 1.76 bits per heavy atom. The van der Waals surface area contributed by atoms with E-state index in [4.69, 9.17) is 4.74 Å². The van der Waals surface area contributed by atoms with E-state index in [1.54, 1.807) is 7.11 Å². The molecule has 0 fully saturated rings. The minimum absolute atomic E-state index is 0.151. The lowest BCUT2D eigenvalue weighted by molar-refractivity contribution is -0.120. The summed E-state index contributed by atoms with van der Waals surface area (Å²) in [5.41, 5.74) is 3.79. The summed E-state index contributed by atoms with van der Waals surface area (Å²) in [6, 6.07) is 12.8. The summed E-state index contributed by atoms with van der Waals surface area (Å²) in [6.45, 7) is 5.41. The largest absolute Gasteiger partial charge is 0.497 e. The van der Waals surface area contributed by atoms with Crippen LogP contribution in [0.15, 0.2) is 42.5 Å². The molecule has 0 saturated heterocycles. The van der Waals surface area contributed by atoms with Crippen LogP contribution in [-0.4, -0.2) is 18.9 Å². The van der Waals surface area contributed by atoms with Gasteiger partial charge in [-0.15, -0.1) is 0 Å². The average molecular weight is 340 g/mol. The van der Waals surface area contributed by atoms with Crippen molar-refractivity contribution in [3.63, 3.8) is 0 Å². The zero-order chi connectivity index (χ0) is 18.4. The molecule has 0 aromatic heterocycles. The maximum atomic E-state index is 12.5. The summed E-state index contributed by atoms with van der Waals surface area (Å²) in [6.07, 6.45) is 0.152. The SMILES string of the molecule is COc1ccc([C@H](CC(=O)Nc2ccc(C)cc2C)NC(C)=O)cc1. The Bertz CT molecular complexity index is 754. The number of benzene rings is 2. The molecular weight excluding hydrogens is 316 g/mol. The van der Waals surface area contributed by atoms with E-state index in [1.807, 2.05) is 56.3 Å². The van der Waals surface area contributed by atoms with Crippen LogP contribution in [0.1, 0.15) is 36.1 Å². The maximum Gasteiger partial charge on any atom is 0.226 e. The van der Waals surface area contributed by atoms with Crippen LogP contribution in [0.4, 0.5) is 5.69 Å². The Balaban J connectivity index is 2.12. The molecule has 2 N–H and O–H groups in total. The molecule has 0 radical (unpaired) electrons. The fourth-order valence-corrected chi connectivity index (χ4v) is 2.67. The van der Waals surface area contributed by atoms with E-state index in [0.717, 1.165) is 28.1 Å². The van der Waals surface area contributed by atoms with Crippen molar-refractivity contribution in [3.05, 3.63) is 59.2 Å². The molecule has 2 aromatic rings. The number of anilines is 1. The predicted molar refractivity (Wildman–Crippen MR) is 98.7 cm³/mol. The Morgan fingerprint density at radius 3 is 2.32 bits per heavy atom. The van der Waals surface area contributed by atoms with Crippen molar-refractivity contribution in [1.82, 2.24) is 5.32 Å². The first-order chi connectivity index (χ1) is 11.9. The van der Waals surface area contributed by atoms with Gasteiger partial charge in [0.05, 0.1) is 19.6 Å². The molecule has 0 saturated carbocycles. The summed E-state index contributed by atoms with van der Waals surface area (Å²) in [7, 11) is 1.59. The van der Waals surface area contributed by atoms with Gasteiger partial charge in [0.2, 0.25) is 11.8 Å².